The average molecular weight is 483 g/mol. The van der Waals surface area contributed by atoms with Crippen LogP contribution in [0.25, 0.3) is 21.8 Å². The Balaban J connectivity index is 1.12. The van der Waals surface area contributed by atoms with Crippen LogP contribution in [0.5, 0.6) is 17.2 Å². The van der Waals surface area contributed by atoms with Gasteiger partial charge in [0.15, 0.2) is 11.5 Å². The van der Waals surface area contributed by atoms with Crippen LogP contribution in [0.15, 0.2) is 91.0 Å². The van der Waals surface area contributed by atoms with Crippen molar-refractivity contribution in [3.63, 3.8) is 0 Å². The van der Waals surface area contributed by atoms with E-state index in [-0.39, 0.29) is 5.75 Å². The van der Waals surface area contributed by atoms with Crippen LogP contribution in [0.4, 0.5) is 0 Å². The van der Waals surface area contributed by atoms with E-state index in [0.29, 0.717) is 44.2 Å². The SMILES string of the molecule is Oc1ccc(CC(O)CNCCOc2ccccc2OCc2ccccc2)c2[nH]c3ccccc3c12. The number of hydrogen-bond donors (Lipinski definition) is 4. The predicted molar refractivity (Wildman–Crippen MR) is 143 cm³/mol. The molecule has 36 heavy (non-hydrogen) atoms. The van der Waals surface area contributed by atoms with E-state index in [1.165, 1.54) is 0 Å². The fourth-order valence-electron chi connectivity index (χ4n) is 4.42. The summed E-state index contributed by atoms with van der Waals surface area (Å²) in [4.78, 5) is 3.39. The minimum atomic E-state index is -0.578. The second-order valence-corrected chi connectivity index (χ2v) is 8.80. The monoisotopic (exact) mass is 482 g/mol. The molecule has 5 rings (SSSR count). The Hall–Kier alpha value is -4.00. The summed E-state index contributed by atoms with van der Waals surface area (Å²) < 4.78 is 11.9. The lowest BCUT2D eigenvalue weighted by molar-refractivity contribution is 0.169. The normalized spacial score (nSPS) is 12.1. The first-order valence-corrected chi connectivity index (χ1v) is 12.2. The van der Waals surface area contributed by atoms with Gasteiger partial charge in [-0.2, -0.15) is 0 Å². The number of benzene rings is 4. The Bertz CT molecular complexity index is 1430. The van der Waals surface area contributed by atoms with E-state index in [2.05, 4.69) is 10.3 Å². The number of rotatable bonds is 11. The van der Waals surface area contributed by atoms with Gasteiger partial charge >= 0.3 is 0 Å². The minimum absolute atomic E-state index is 0.240. The molecule has 6 nitrogen and oxygen atoms in total. The molecule has 0 aliphatic heterocycles. The fourth-order valence-corrected chi connectivity index (χ4v) is 4.42. The quantitative estimate of drug-likeness (QED) is 0.195. The summed E-state index contributed by atoms with van der Waals surface area (Å²) >= 11 is 0. The lowest BCUT2D eigenvalue weighted by Crippen LogP contribution is -2.31. The van der Waals surface area contributed by atoms with Crippen molar-refractivity contribution in [2.24, 2.45) is 0 Å². The maximum Gasteiger partial charge on any atom is 0.161 e. The molecule has 4 aromatic carbocycles. The molecular weight excluding hydrogens is 452 g/mol. The molecular formula is C30H30N2O4. The highest BCUT2D eigenvalue weighted by atomic mass is 16.5. The first kappa shape index (κ1) is 23.7. The number of phenolic OH excluding ortho intramolecular Hbond substituents is 1. The summed E-state index contributed by atoms with van der Waals surface area (Å²) in [6.45, 7) is 1.94. The van der Waals surface area contributed by atoms with Crippen molar-refractivity contribution in [1.82, 2.24) is 10.3 Å². The highest BCUT2D eigenvalue weighted by Gasteiger charge is 2.14. The number of aromatic nitrogens is 1. The molecule has 0 saturated heterocycles. The van der Waals surface area contributed by atoms with Gasteiger partial charge in [-0.3, -0.25) is 0 Å². The van der Waals surface area contributed by atoms with Crippen LogP contribution in [0.3, 0.4) is 0 Å². The van der Waals surface area contributed by atoms with Crippen LogP contribution in [0.2, 0.25) is 0 Å². The maximum atomic E-state index is 10.6. The molecule has 0 bridgehead atoms. The molecule has 5 aromatic rings. The number of H-pyrrole nitrogens is 1. The molecule has 4 N–H and O–H groups in total. The van der Waals surface area contributed by atoms with E-state index in [1.54, 1.807) is 6.07 Å². The number of aromatic amines is 1. The molecule has 0 radical (unpaired) electrons. The number of para-hydroxylation sites is 3. The number of aliphatic hydroxyl groups excluding tert-OH is 1. The maximum absolute atomic E-state index is 10.6. The molecule has 1 aromatic heterocycles. The van der Waals surface area contributed by atoms with Crippen molar-refractivity contribution in [3.8, 4) is 17.2 Å². The Labute approximate surface area is 210 Å². The van der Waals surface area contributed by atoms with Gasteiger partial charge in [0.1, 0.15) is 19.0 Å². The Morgan fingerprint density at radius 1 is 0.806 bits per heavy atom. The van der Waals surface area contributed by atoms with E-state index in [0.717, 1.165) is 32.9 Å². The summed E-state index contributed by atoms with van der Waals surface area (Å²) in [7, 11) is 0. The second kappa shape index (κ2) is 11.2. The van der Waals surface area contributed by atoms with Gasteiger partial charge in [0, 0.05) is 35.8 Å². The number of fused-ring (bicyclic) bond motifs is 3. The van der Waals surface area contributed by atoms with Crippen LogP contribution < -0.4 is 14.8 Å². The number of hydrogen-bond acceptors (Lipinski definition) is 5. The fraction of sp³-hybridized carbons (Fsp3) is 0.200. The smallest absolute Gasteiger partial charge is 0.161 e. The number of nitrogens with one attached hydrogen (secondary N) is 2. The third kappa shape index (κ3) is 5.46. The van der Waals surface area contributed by atoms with Gasteiger partial charge in [-0.25, -0.2) is 0 Å². The molecule has 1 atom stereocenters. The van der Waals surface area contributed by atoms with Crippen molar-refractivity contribution in [1.29, 1.82) is 0 Å². The van der Waals surface area contributed by atoms with Gasteiger partial charge < -0.3 is 30.0 Å². The number of aliphatic hydroxyl groups is 1. The van der Waals surface area contributed by atoms with E-state index in [4.69, 9.17) is 9.47 Å². The molecule has 1 heterocycles. The lowest BCUT2D eigenvalue weighted by atomic mass is 10.0. The van der Waals surface area contributed by atoms with E-state index >= 15 is 0 Å². The van der Waals surface area contributed by atoms with Crippen molar-refractivity contribution < 1.29 is 19.7 Å². The van der Waals surface area contributed by atoms with Gasteiger partial charge in [0.25, 0.3) is 0 Å². The van der Waals surface area contributed by atoms with E-state index in [1.807, 2.05) is 84.9 Å². The van der Waals surface area contributed by atoms with Gasteiger partial charge in [0.05, 0.1) is 11.6 Å². The summed E-state index contributed by atoms with van der Waals surface area (Å²) in [5.41, 5.74) is 3.90. The third-order valence-corrected chi connectivity index (χ3v) is 6.18. The van der Waals surface area contributed by atoms with Crippen LogP contribution in [0, 0.1) is 0 Å². The van der Waals surface area contributed by atoms with Gasteiger partial charge in [0.2, 0.25) is 0 Å². The van der Waals surface area contributed by atoms with Crippen LogP contribution in [-0.2, 0) is 13.0 Å². The third-order valence-electron chi connectivity index (χ3n) is 6.18. The average Bonchev–Trinajstić information content (AvgIpc) is 3.31. The van der Waals surface area contributed by atoms with E-state index < -0.39 is 6.10 Å². The molecule has 184 valence electrons. The summed E-state index contributed by atoms with van der Waals surface area (Å²) in [6, 6.07) is 29.1. The Morgan fingerprint density at radius 3 is 2.36 bits per heavy atom. The zero-order chi connectivity index (χ0) is 24.7. The van der Waals surface area contributed by atoms with Crippen LogP contribution >= 0.6 is 0 Å². The molecule has 6 heteroatoms. The molecule has 0 amide bonds. The van der Waals surface area contributed by atoms with Gasteiger partial charge in [-0.05, 0) is 35.4 Å². The molecule has 0 fully saturated rings. The number of aromatic hydroxyl groups is 1. The van der Waals surface area contributed by atoms with Gasteiger partial charge in [-0.1, -0.05) is 66.7 Å². The summed E-state index contributed by atoms with van der Waals surface area (Å²) in [5.74, 6) is 1.64. The molecule has 0 aliphatic carbocycles. The highest BCUT2D eigenvalue weighted by Crippen LogP contribution is 2.34. The lowest BCUT2D eigenvalue weighted by Gasteiger charge is -2.15. The zero-order valence-electron chi connectivity index (χ0n) is 20.0. The number of phenols is 1. The van der Waals surface area contributed by atoms with Crippen LogP contribution in [-0.4, -0.2) is 41.0 Å². The van der Waals surface area contributed by atoms with Crippen molar-refractivity contribution in [2.45, 2.75) is 19.1 Å². The molecule has 1 unspecified atom stereocenters. The van der Waals surface area contributed by atoms with Crippen molar-refractivity contribution in [3.05, 3.63) is 102 Å². The standard InChI is InChI=1S/C30H30N2O4/c33-23(18-22-14-15-26(34)29-24-10-4-5-11-25(24)32-30(22)29)19-31-16-17-35-27-12-6-7-13-28(27)36-20-21-8-2-1-3-9-21/h1-15,23,31-34H,16-20H2. The van der Waals surface area contributed by atoms with Crippen LogP contribution in [0.1, 0.15) is 11.1 Å². The van der Waals surface area contributed by atoms with E-state index in [9.17, 15) is 10.2 Å². The Kier molecular flexibility index (Phi) is 7.36. The Morgan fingerprint density at radius 2 is 1.53 bits per heavy atom. The second-order valence-electron chi connectivity index (χ2n) is 8.80. The van der Waals surface area contributed by atoms with Gasteiger partial charge in [-0.15, -0.1) is 0 Å². The van der Waals surface area contributed by atoms with Crippen molar-refractivity contribution >= 4 is 21.8 Å². The first-order valence-electron chi connectivity index (χ1n) is 12.2. The molecule has 0 saturated carbocycles. The van der Waals surface area contributed by atoms with Crippen molar-refractivity contribution in [2.75, 3.05) is 19.7 Å². The molecule has 0 aliphatic rings. The topological polar surface area (TPSA) is 86.7 Å². The summed E-state index contributed by atoms with van der Waals surface area (Å²) in [6.07, 6.45) is -0.112. The highest BCUT2D eigenvalue weighted by molar-refractivity contribution is 6.11. The molecule has 0 spiro atoms. The first-order chi connectivity index (χ1) is 17.7. The number of ether oxygens (including phenoxy) is 2. The summed E-state index contributed by atoms with van der Waals surface area (Å²) in [5, 5.41) is 26.1. The zero-order valence-corrected chi connectivity index (χ0v) is 20.0. The minimum Gasteiger partial charge on any atom is -0.507 e. The predicted octanol–water partition coefficient (Wildman–Crippen LogP) is 5.18. The largest absolute Gasteiger partial charge is 0.507 e.